The van der Waals surface area contributed by atoms with Crippen LogP contribution in [0.5, 0.6) is 0 Å². The summed E-state index contributed by atoms with van der Waals surface area (Å²) < 4.78 is 1.19. The minimum Gasteiger partial charge on any atom is -0.324 e. The maximum atomic E-state index is 6.17. The molecule has 2 nitrogen and oxygen atoms in total. The van der Waals surface area contributed by atoms with Crippen molar-refractivity contribution >= 4 is 27.3 Å². The highest BCUT2D eigenvalue weighted by Gasteiger charge is 2.27. The molecule has 0 saturated carbocycles. The molecule has 0 spiro atoms. The zero-order valence-electron chi connectivity index (χ0n) is 9.90. The molecule has 1 aromatic heterocycles. The van der Waals surface area contributed by atoms with Gasteiger partial charge >= 0.3 is 0 Å². The zero-order chi connectivity index (χ0) is 12.5. The Labute approximate surface area is 119 Å². The third-order valence-electron chi connectivity index (χ3n) is 3.46. The predicted octanol–water partition coefficient (Wildman–Crippen LogP) is 3.75. The SMILES string of the molecule is NC1CC(NCc2sccc2Br)c2ccccc21. The lowest BCUT2D eigenvalue weighted by Gasteiger charge is -2.13. The van der Waals surface area contributed by atoms with E-state index in [9.17, 15) is 0 Å². The first-order chi connectivity index (χ1) is 8.75. The van der Waals surface area contributed by atoms with Gasteiger partial charge in [-0.2, -0.15) is 0 Å². The van der Waals surface area contributed by atoms with E-state index in [4.69, 9.17) is 5.73 Å². The highest BCUT2D eigenvalue weighted by atomic mass is 79.9. The molecule has 2 unspecified atom stereocenters. The van der Waals surface area contributed by atoms with Crippen molar-refractivity contribution in [3.63, 3.8) is 0 Å². The molecule has 4 heteroatoms. The maximum absolute atomic E-state index is 6.17. The number of fused-ring (bicyclic) bond motifs is 1. The minimum atomic E-state index is 0.172. The summed E-state index contributed by atoms with van der Waals surface area (Å²) in [6.45, 7) is 0.893. The van der Waals surface area contributed by atoms with E-state index in [2.05, 4.69) is 57.0 Å². The summed E-state index contributed by atoms with van der Waals surface area (Å²) in [6, 6.07) is 11.1. The van der Waals surface area contributed by atoms with Crippen LogP contribution >= 0.6 is 27.3 Å². The fourth-order valence-electron chi connectivity index (χ4n) is 2.53. The Hall–Kier alpha value is -0.680. The van der Waals surface area contributed by atoms with E-state index in [0.29, 0.717) is 6.04 Å². The molecule has 3 rings (SSSR count). The molecule has 0 bridgehead atoms. The van der Waals surface area contributed by atoms with Crippen molar-refractivity contribution < 1.29 is 0 Å². The van der Waals surface area contributed by atoms with E-state index in [-0.39, 0.29) is 6.04 Å². The average Bonchev–Trinajstić information content (AvgIpc) is 2.92. The highest BCUT2D eigenvalue weighted by molar-refractivity contribution is 9.10. The molecule has 0 saturated heterocycles. The van der Waals surface area contributed by atoms with E-state index in [0.717, 1.165) is 13.0 Å². The van der Waals surface area contributed by atoms with Crippen LogP contribution in [0.3, 0.4) is 0 Å². The molecular weight excluding hydrogens is 308 g/mol. The summed E-state index contributed by atoms with van der Waals surface area (Å²) in [6.07, 6.45) is 0.988. The predicted molar refractivity (Wildman–Crippen MR) is 79.6 cm³/mol. The summed E-state index contributed by atoms with van der Waals surface area (Å²) in [5.41, 5.74) is 8.82. The quantitative estimate of drug-likeness (QED) is 0.903. The number of benzene rings is 1. The molecule has 18 heavy (non-hydrogen) atoms. The van der Waals surface area contributed by atoms with Gasteiger partial charge in [0, 0.05) is 28.0 Å². The van der Waals surface area contributed by atoms with Crippen LogP contribution in [0.25, 0.3) is 0 Å². The summed E-state index contributed by atoms with van der Waals surface area (Å²) in [5.74, 6) is 0. The van der Waals surface area contributed by atoms with Gasteiger partial charge in [-0.1, -0.05) is 24.3 Å². The smallest absolute Gasteiger partial charge is 0.0344 e. The molecule has 0 radical (unpaired) electrons. The van der Waals surface area contributed by atoms with Gasteiger partial charge in [0.25, 0.3) is 0 Å². The Morgan fingerprint density at radius 1 is 1.28 bits per heavy atom. The van der Waals surface area contributed by atoms with Crippen LogP contribution in [0.4, 0.5) is 0 Å². The minimum absolute atomic E-state index is 0.172. The summed E-state index contributed by atoms with van der Waals surface area (Å²) in [4.78, 5) is 1.34. The fraction of sp³-hybridized carbons (Fsp3) is 0.286. The van der Waals surface area contributed by atoms with Gasteiger partial charge in [0.1, 0.15) is 0 Å². The van der Waals surface area contributed by atoms with Gasteiger partial charge in [-0.15, -0.1) is 11.3 Å². The Morgan fingerprint density at radius 3 is 2.78 bits per heavy atom. The second-order valence-corrected chi connectivity index (χ2v) is 6.45. The van der Waals surface area contributed by atoms with Crippen LogP contribution < -0.4 is 11.1 Å². The van der Waals surface area contributed by atoms with Gasteiger partial charge in [-0.25, -0.2) is 0 Å². The zero-order valence-corrected chi connectivity index (χ0v) is 12.3. The first-order valence-electron chi connectivity index (χ1n) is 6.05. The lowest BCUT2D eigenvalue weighted by Crippen LogP contribution is -2.19. The molecule has 94 valence electrons. The molecule has 3 N–H and O–H groups in total. The van der Waals surface area contributed by atoms with Crippen molar-refractivity contribution in [2.45, 2.75) is 25.0 Å². The maximum Gasteiger partial charge on any atom is 0.0344 e. The van der Waals surface area contributed by atoms with E-state index in [1.807, 2.05) is 0 Å². The van der Waals surface area contributed by atoms with Crippen LogP contribution in [0, 0.1) is 0 Å². The molecule has 0 fully saturated rings. The Bertz CT molecular complexity index is 552. The molecule has 1 aliphatic rings. The second kappa shape index (κ2) is 5.13. The number of thiophene rings is 1. The first kappa shape index (κ1) is 12.4. The van der Waals surface area contributed by atoms with Gasteiger partial charge in [0.05, 0.1) is 0 Å². The van der Waals surface area contributed by atoms with Gasteiger partial charge < -0.3 is 11.1 Å². The van der Waals surface area contributed by atoms with Crippen molar-refractivity contribution in [3.8, 4) is 0 Å². The third-order valence-corrected chi connectivity index (χ3v) is 5.39. The lowest BCUT2D eigenvalue weighted by molar-refractivity contribution is 0.500. The topological polar surface area (TPSA) is 38.0 Å². The van der Waals surface area contributed by atoms with Crippen LogP contribution in [0.15, 0.2) is 40.2 Å². The number of hydrogen-bond donors (Lipinski definition) is 2. The van der Waals surface area contributed by atoms with Crippen LogP contribution in [0.2, 0.25) is 0 Å². The second-order valence-electron chi connectivity index (χ2n) is 4.60. The lowest BCUT2D eigenvalue weighted by atomic mass is 10.1. The number of nitrogens with two attached hydrogens (primary N) is 1. The van der Waals surface area contributed by atoms with Gasteiger partial charge in [0.2, 0.25) is 0 Å². The molecular formula is C14H15BrN2S. The summed E-state index contributed by atoms with van der Waals surface area (Å²) in [5, 5.41) is 5.72. The van der Waals surface area contributed by atoms with Crippen molar-refractivity contribution in [2.24, 2.45) is 5.73 Å². The Morgan fingerprint density at radius 2 is 2.06 bits per heavy atom. The molecule has 1 heterocycles. The normalized spacial score (nSPS) is 22.1. The number of rotatable bonds is 3. The number of hydrogen-bond acceptors (Lipinski definition) is 3. The summed E-state index contributed by atoms with van der Waals surface area (Å²) in [7, 11) is 0. The van der Waals surface area contributed by atoms with Crippen LogP contribution in [-0.4, -0.2) is 0 Å². The Kier molecular flexibility index (Phi) is 3.52. The summed E-state index contributed by atoms with van der Waals surface area (Å²) >= 11 is 5.34. The molecule has 0 amide bonds. The van der Waals surface area contributed by atoms with E-state index >= 15 is 0 Å². The fourth-order valence-corrected chi connectivity index (χ4v) is 3.98. The molecule has 2 aromatic rings. The standard InChI is InChI=1S/C14H15BrN2S/c15-11-5-6-18-14(11)8-17-13-7-12(16)9-3-1-2-4-10(9)13/h1-6,12-13,17H,7-8,16H2. The van der Waals surface area contributed by atoms with Crippen LogP contribution in [-0.2, 0) is 6.54 Å². The molecule has 1 aromatic carbocycles. The van der Waals surface area contributed by atoms with Crippen molar-refractivity contribution in [3.05, 3.63) is 56.2 Å². The number of halogens is 1. The van der Waals surface area contributed by atoms with Crippen molar-refractivity contribution in [1.82, 2.24) is 5.32 Å². The average molecular weight is 323 g/mol. The highest BCUT2D eigenvalue weighted by Crippen LogP contribution is 2.37. The number of nitrogens with one attached hydrogen (secondary N) is 1. The van der Waals surface area contributed by atoms with E-state index in [1.165, 1.54) is 20.5 Å². The van der Waals surface area contributed by atoms with Crippen LogP contribution in [0.1, 0.15) is 34.5 Å². The van der Waals surface area contributed by atoms with Gasteiger partial charge in [-0.05, 0) is 44.9 Å². The third kappa shape index (κ3) is 2.26. The van der Waals surface area contributed by atoms with Gasteiger partial charge in [0.15, 0.2) is 0 Å². The first-order valence-corrected chi connectivity index (χ1v) is 7.72. The molecule has 1 aliphatic carbocycles. The van der Waals surface area contributed by atoms with Crippen molar-refractivity contribution in [2.75, 3.05) is 0 Å². The Balaban J connectivity index is 1.74. The van der Waals surface area contributed by atoms with E-state index < -0.39 is 0 Å². The largest absolute Gasteiger partial charge is 0.324 e. The van der Waals surface area contributed by atoms with Gasteiger partial charge in [-0.3, -0.25) is 0 Å². The molecule has 2 atom stereocenters. The molecule has 0 aliphatic heterocycles. The van der Waals surface area contributed by atoms with Crippen molar-refractivity contribution in [1.29, 1.82) is 0 Å². The monoisotopic (exact) mass is 322 g/mol. The van der Waals surface area contributed by atoms with E-state index in [1.54, 1.807) is 11.3 Å².